The average molecular weight is 214 g/mol. The summed E-state index contributed by atoms with van der Waals surface area (Å²) in [4.78, 5) is 11.4. The molecule has 1 rings (SSSR count). The van der Waals surface area contributed by atoms with Crippen molar-refractivity contribution in [2.75, 3.05) is 0 Å². The van der Waals surface area contributed by atoms with Gasteiger partial charge in [0.15, 0.2) is 0 Å². The van der Waals surface area contributed by atoms with Gasteiger partial charge in [-0.25, -0.2) is 4.79 Å². The maximum atomic E-state index is 11.4. The summed E-state index contributed by atoms with van der Waals surface area (Å²) in [5, 5.41) is 15.4. The number of urea groups is 1. The molecule has 1 saturated carbocycles. The predicted molar refractivity (Wildman–Crippen MR) is 59.7 cm³/mol. The van der Waals surface area contributed by atoms with Crippen molar-refractivity contribution in [2.45, 2.75) is 64.1 Å². The van der Waals surface area contributed by atoms with Crippen molar-refractivity contribution in [3.05, 3.63) is 0 Å². The standard InChI is InChI=1S/C11H22N2O2/c1-8(2)12-11(15)13-9-6-4-3-5-7-10(9)14/h8-10,14H,3-7H2,1-2H3,(H2,12,13,15). The zero-order chi connectivity index (χ0) is 11.3. The fourth-order valence-electron chi connectivity index (χ4n) is 1.93. The molecule has 4 heteroatoms. The lowest BCUT2D eigenvalue weighted by Gasteiger charge is -2.22. The molecule has 0 saturated heterocycles. The van der Waals surface area contributed by atoms with Gasteiger partial charge in [0.25, 0.3) is 0 Å². The Morgan fingerprint density at radius 2 is 1.93 bits per heavy atom. The fourth-order valence-corrected chi connectivity index (χ4v) is 1.93. The Bertz CT molecular complexity index is 207. The minimum absolute atomic E-state index is 0.0775. The topological polar surface area (TPSA) is 61.4 Å². The molecule has 15 heavy (non-hydrogen) atoms. The van der Waals surface area contributed by atoms with Gasteiger partial charge in [-0.05, 0) is 26.7 Å². The van der Waals surface area contributed by atoms with Crippen LogP contribution in [0.2, 0.25) is 0 Å². The Labute approximate surface area is 91.4 Å². The lowest BCUT2D eigenvalue weighted by atomic mass is 10.1. The monoisotopic (exact) mass is 214 g/mol. The summed E-state index contributed by atoms with van der Waals surface area (Å²) in [6.07, 6.45) is 4.60. The van der Waals surface area contributed by atoms with Gasteiger partial charge >= 0.3 is 6.03 Å². The number of nitrogens with one attached hydrogen (secondary N) is 2. The van der Waals surface area contributed by atoms with Crippen molar-refractivity contribution < 1.29 is 9.90 Å². The molecular weight excluding hydrogens is 192 g/mol. The SMILES string of the molecule is CC(C)NC(=O)NC1CCCCCC1O. The summed E-state index contributed by atoms with van der Waals surface area (Å²) in [5.74, 6) is 0. The second-order valence-electron chi connectivity index (χ2n) is 4.58. The number of carbonyl (C=O) groups is 1. The Morgan fingerprint density at radius 3 is 2.60 bits per heavy atom. The minimum atomic E-state index is -0.384. The number of hydrogen-bond acceptors (Lipinski definition) is 2. The van der Waals surface area contributed by atoms with Gasteiger partial charge in [-0.3, -0.25) is 0 Å². The van der Waals surface area contributed by atoms with Crippen molar-refractivity contribution in [1.29, 1.82) is 0 Å². The van der Waals surface area contributed by atoms with Crippen LogP contribution in [0.1, 0.15) is 46.0 Å². The van der Waals surface area contributed by atoms with E-state index in [1.807, 2.05) is 13.8 Å². The Morgan fingerprint density at radius 1 is 1.27 bits per heavy atom. The van der Waals surface area contributed by atoms with E-state index in [0.717, 1.165) is 32.1 Å². The molecule has 2 atom stereocenters. The molecule has 0 aromatic carbocycles. The second-order valence-corrected chi connectivity index (χ2v) is 4.58. The molecule has 4 nitrogen and oxygen atoms in total. The molecular formula is C11H22N2O2. The third-order valence-electron chi connectivity index (χ3n) is 2.72. The molecule has 1 fully saturated rings. The first kappa shape index (κ1) is 12.3. The molecule has 1 aliphatic carbocycles. The van der Waals surface area contributed by atoms with Crippen molar-refractivity contribution in [3.8, 4) is 0 Å². The maximum absolute atomic E-state index is 11.4. The van der Waals surface area contributed by atoms with Gasteiger partial charge in [-0.15, -0.1) is 0 Å². The predicted octanol–water partition coefficient (Wildman–Crippen LogP) is 1.39. The Hall–Kier alpha value is -0.770. The number of carbonyl (C=O) groups excluding carboxylic acids is 1. The molecule has 2 amide bonds. The highest BCUT2D eigenvalue weighted by Gasteiger charge is 2.22. The normalized spacial score (nSPS) is 27.2. The van der Waals surface area contributed by atoms with Gasteiger partial charge in [0.2, 0.25) is 0 Å². The van der Waals surface area contributed by atoms with Crippen LogP contribution in [0.3, 0.4) is 0 Å². The van der Waals surface area contributed by atoms with E-state index < -0.39 is 0 Å². The molecule has 0 aromatic heterocycles. The summed E-state index contributed by atoms with van der Waals surface area (Å²) >= 11 is 0. The quantitative estimate of drug-likeness (QED) is 0.608. The number of amides is 2. The van der Waals surface area contributed by atoms with Gasteiger partial charge in [0.1, 0.15) is 0 Å². The van der Waals surface area contributed by atoms with E-state index in [2.05, 4.69) is 10.6 Å². The van der Waals surface area contributed by atoms with E-state index in [-0.39, 0.29) is 24.2 Å². The van der Waals surface area contributed by atoms with Crippen LogP contribution in [-0.2, 0) is 0 Å². The second kappa shape index (κ2) is 5.95. The molecule has 3 N–H and O–H groups in total. The molecule has 0 aliphatic heterocycles. The van der Waals surface area contributed by atoms with Gasteiger partial charge in [0, 0.05) is 6.04 Å². The first-order valence-electron chi connectivity index (χ1n) is 5.84. The van der Waals surface area contributed by atoms with Gasteiger partial charge in [-0.1, -0.05) is 19.3 Å². The largest absolute Gasteiger partial charge is 0.391 e. The fraction of sp³-hybridized carbons (Fsp3) is 0.909. The van der Waals surface area contributed by atoms with Gasteiger partial charge in [0.05, 0.1) is 12.1 Å². The Kier molecular flexibility index (Phi) is 4.88. The van der Waals surface area contributed by atoms with E-state index in [1.54, 1.807) is 0 Å². The van der Waals surface area contributed by atoms with Gasteiger partial charge < -0.3 is 15.7 Å². The number of aliphatic hydroxyl groups is 1. The van der Waals surface area contributed by atoms with Crippen LogP contribution >= 0.6 is 0 Å². The summed E-state index contributed by atoms with van der Waals surface area (Å²) in [6, 6.07) is -0.116. The summed E-state index contributed by atoms with van der Waals surface area (Å²) in [5.41, 5.74) is 0. The van der Waals surface area contributed by atoms with Crippen LogP contribution in [0.25, 0.3) is 0 Å². The molecule has 1 aliphatic rings. The highest BCUT2D eigenvalue weighted by Crippen LogP contribution is 2.17. The number of aliphatic hydroxyl groups excluding tert-OH is 1. The van der Waals surface area contributed by atoms with Crippen LogP contribution in [0.5, 0.6) is 0 Å². The smallest absolute Gasteiger partial charge is 0.315 e. The third-order valence-corrected chi connectivity index (χ3v) is 2.72. The molecule has 0 bridgehead atoms. The van der Waals surface area contributed by atoms with Crippen molar-refractivity contribution >= 4 is 6.03 Å². The highest BCUT2D eigenvalue weighted by molar-refractivity contribution is 5.74. The highest BCUT2D eigenvalue weighted by atomic mass is 16.3. The van der Waals surface area contributed by atoms with Crippen LogP contribution in [0.15, 0.2) is 0 Å². The van der Waals surface area contributed by atoms with E-state index in [1.165, 1.54) is 0 Å². The molecule has 0 aromatic rings. The van der Waals surface area contributed by atoms with Crippen LogP contribution in [0, 0.1) is 0 Å². The zero-order valence-electron chi connectivity index (χ0n) is 9.62. The van der Waals surface area contributed by atoms with Crippen molar-refractivity contribution in [1.82, 2.24) is 10.6 Å². The molecule has 0 heterocycles. The third kappa shape index (κ3) is 4.51. The Balaban J connectivity index is 2.37. The number of rotatable bonds is 2. The zero-order valence-corrected chi connectivity index (χ0v) is 9.62. The van der Waals surface area contributed by atoms with Gasteiger partial charge in [-0.2, -0.15) is 0 Å². The van der Waals surface area contributed by atoms with E-state index in [9.17, 15) is 9.90 Å². The van der Waals surface area contributed by atoms with Crippen LogP contribution in [0.4, 0.5) is 4.79 Å². The molecule has 88 valence electrons. The summed E-state index contributed by atoms with van der Waals surface area (Å²) in [7, 11) is 0. The number of hydrogen-bond donors (Lipinski definition) is 3. The van der Waals surface area contributed by atoms with E-state index in [0.29, 0.717) is 0 Å². The summed E-state index contributed by atoms with van der Waals surface area (Å²) in [6.45, 7) is 3.84. The summed E-state index contributed by atoms with van der Waals surface area (Å²) < 4.78 is 0. The first-order valence-corrected chi connectivity index (χ1v) is 5.84. The molecule has 0 radical (unpaired) electrons. The minimum Gasteiger partial charge on any atom is -0.391 e. The van der Waals surface area contributed by atoms with Crippen molar-refractivity contribution in [3.63, 3.8) is 0 Å². The van der Waals surface area contributed by atoms with E-state index >= 15 is 0 Å². The molecule has 2 unspecified atom stereocenters. The lowest BCUT2D eigenvalue weighted by Crippen LogP contribution is -2.48. The van der Waals surface area contributed by atoms with Crippen LogP contribution in [-0.4, -0.2) is 29.3 Å². The van der Waals surface area contributed by atoms with Crippen LogP contribution < -0.4 is 10.6 Å². The lowest BCUT2D eigenvalue weighted by molar-refractivity contribution is 0.122. The average Bonchev–Trinajstić information content (AvgIpc) is 2.30. The van der Waals surface area contributed by atoms with E-state index in [4.69, 9.17) is 0 Å². The first-order chi connectivity index (χ1) is 7.09. The van der Waals surface area contributed by atoms with Crippen molar-refractivity contribution in [2.24, 2.45) is 0 Å². The maximum Gasteiger partial charge on any atom is 0.315 e. The molecule has 0 spiro atoms.